The number of rotatable bonds is 4. The Balaban J connectivity index is 1.56. The molecule has 2 heteroatoms. The normalized spacial score (nSPS) is 36.2. The van der Waals surface area contributed by atoms with Crippen molar-refractivity contribution in [2.24, 2.45) is 17.8 Å². The van der Waals surface area contributed by atoms with Gasteiger partial charge in [0.15, 0.2) is 0 Å². The van der Waals surface area contributed by atoms with Crippen LogP contribution in [0.15, 0.2) is 0 Å². The van der Waals surface area contributed by atoms with E-state index in [9.17, 15) is 0 Å². The van der Waals surface area contributed by atoms with Crippen LogP contribution in [0.4, 0.5) is 0 Å². The number of ether oxygens (including phenoxy) is 1. The SMILES string of the molecule is CC1CCCC(CNCC2CCCOC2)C1. The number of nitrogens with one attached hydrogen (secondary N) is 1. The van der Waals surface area contributed by atoms with Crippen molar-refractivity contribution in [3.63, 3.8) is 0 Å². The minimum absolute atomic E-state index is 0.773. The highest BCUT2D eigenvalue weighted by molar-refractivity contribution is 4.73. The largest absolute Gasteiger partial charge is 0.381 e. The Morgan fingerprint density at radius 2 is 1.88 bits per heavy atom. The van der Waals surface area contributed by atoms with E-state index in [0.29, 0.717) is 0 Å². The molecule has 1 N–H and O–H groups in total. The molecule has 0 bridgehead atoms. The van der Waals surface area contributed by atoms with Crippen LogP contribution in [0.3, 0.4) is 0 Å². The average molecular weight is 225 g/mol. The van der Waals surface area contributed by atoms with Crippen molar-refractivity contribution in [2.75, 3.05) is 26.3 Å². The standard InChI is InChI=1S/C14H27NO/c1-12-4-2-5-13(8-12)9-15-10-14-6-3-7-16-11-14/h12-15H,2-11H2,1H3. The molecule has 1 saturated carbocycles. The molecule has 0 aromatic rings. The van der Waals surface area contributed by atoms with Gasteiger partial charge in [0, 0.05) is 13.2 Å². The molecule has 0 amide bonds. The molecule has 1 aliphatic heterocycles. The summed E-state index contributed by atoms with van der Waals surface area (Å²) in [5.74, 6) is 2.67. The first-order valence-corrected chi connectivity index (χ1v) is 7.13. The fraction of sp³-hybridized carbons (Fsp3) is 1.00. The van der Waals surface area contributed by atoms with E-state index in [2.05, 4.69) is 12.2 Å². The molecule has 2 nitrogen and oxygen atoms in total. The van der Waals surface area contributed by atoms with Gasteiger partial charge in [-0.2, -0.15) is 0 Å². The van der Waals surface area contributed by atoms with Crippen molar-refractivity contribution in [1.29, 1.82) is 0 Å². The van der Waals surface area contributed by atoms with E-state index in [0.717, 1.165) is 31.0 Å². The van der Waals surface area contributed by atoms with Gasteiger partial charge >= 0.3 is 0 Å². The molecule has 2 aliphatic rings. The van der Waals surface area contributed by atoms with Crippen LogP contribution < -0.4 is 5.32 Å². The van der Waals surface area contributed by atoms with Crippen LogP contribution >= 0.6 is 0 Å². The second kappa shape index (κ2) is 6.61. The summed E-state index contributed by atoms with van der Waals surface area (Å²) >= 11 is 0. The molecule has 0 spiro atoms. The van der Waals surface area contributed by atoms with Gasteiger partial charge in [0.05, 0.1) is 6.61 Å². The molecule has 0 aromatic carbocycles. The molecule has 1 heterocycles. The first-order chi connectivity index (χ1) is 7.84. The highest BCUT2D eigenvalue weighted by Gasteiger charge is 2.19. The zero-order valence-corrected chi connectivity index (χ0v) is 10.7. The molecule has 2 rings (SSSR count). The molecule has 1 aliphatic carbocycles. The molecule has 1 saturated heterocycles. The number of hydrogen-bond donors (Lipinski definition) is 1. The van der Waals surface area contributed by atoms with Crippen molar-refractivity contribution in [3.05, 3.63) is 0 Å². The van der Waals surface area contributed by atoms with Gasteiger partial charge in [0.25, 0.3) is 0 Å². The maximum atomic E-state index is 5.50. The third-order valence-electron chi connectivity index (χ3n) is 4.17. The van der Waals surface area contributed by atoms with Gasteiger partial charge in [0.1, 0.15) is 0 Å². The summed E-state index contributed by atoms with van der Waals surface area (Å²) in [5.41, 5.74) is 0. The summed E-state index contributed by atoms with van der Waals surface area (Å²) in [7, 11) is 0. The van der Waals surface area contributed by atoms with Crippen LogP contribution in [0.2, 0.25) is 0 Å². The van der Waals surface area contributed by atoms with Gasteiger partial charge < -0.3 is 10.1 Å². The van der Waals surface area contributed by atoms with Crippen molar-refractivity contribution in [3.8, 4) is 0 Å². The van der Waals surface area contributed by atoms with Gasteiger partial charge in [0.2, 0.25) is 0 Å². The van der Waals surface area contributed by atoms with E-state index in [4.69, 9.17) is 4.74 Å². The first-order valence-electron chi connectivity index (χ1n) is 7.13. The molecule has 0 aromatic heterocycles. The Hall–Kier alpha value is -0.0800. The Morgan fingerprint density at radius 3 is 2.62 bits per heavy atom. The molecule has 16 heavy (non-hydrogen) atoms. The summed E-state index contributed by atoms with van der Waals surface area (Å²) in [6.07, 6.45) is 8.39. The summed E-state index contributed by atoms with van der Waals surface area (Å²) in [6, 6.07) is 0. The minimum Gasteiger partial charge on any atom is -0.381 e. The molecule has 3 unspecified atom stereocenters. The van der Waals surface area contributed by atoms with Crippen molar-refractivity contribution < 1.29 is 4.74 Å². The lowest BCUT2D eigenvalue weighted by molar-refractivity contribution is 0.0542. The predicted molar refractivity (Wildman–Crippen MR) is 67.5 cm³/mol. The van der Waals surface area contributed by atoms with Gasteiger partial charge in [-0.3, -0.25) is 0 Å². The Labute approximate surface area is 100 Å². The molecule has 0 radical (unpaired) electrons. The Morgan fingerprint density at radius 1 is 1.06 bits per heavy atom. The van der Waals surface area contributed by atoms with Gasteiger partial charge in [-0.1, -0.05) is 19.8 Å². The predicted octanol–water partition coefficient (Wildman–Crippen LogP) is 2.83. The third kappa shape index (κ3) is 4.06. The third-order valence-corrected chi connectivity index (χ3v) is 4.17. The maximum absolute atomic E-state index is 5.50. The minimum atomic E-state index is 0.773. The molecule has 3 atom stereocenters. The smallest absolute Gasteiger partial charge is 0.0506 e. The van der Waals surface area contributed by atoms with Crippen molar-refractivity contribution in [2.45, 2.75) is 45.4 Å². The van der Waals surface area contributed by atoms with Crippen LogP contribution in [-0.2, 0) is 4.74 Å². The van der Waals surface area contributed by atoms with Gasteiger partial charge in [-0.15, -0.1) is 0 Å². The fourth-order valence-corrected chi connectivity index (χ4v) is 3.21. The van der Waals surface area contributed by atoms with Crippen LogP contribution in [0.5, 0.6) is 0 Å². The maximum Gasteiger partial charge on any atom is 0.0506 e. The number of hydrogen-bond acceptors (Lipinski definition) is 2. The monoisotopic (exact) mass is 225 g/mol. The van der Waals surface area contributed by atoms with Gasteiger partial charge in [-0.25, -0.2) is 0 Å². The van der Waals surface area contributed by atoms with E-state index in [1.165, 1.54) is 51.6 Å². The van der Waals surface area contributed by atoms with Crippen molar-refractivity contribution in [1.82, 2.24) is 5.32 Å². The lowest BCUT2D eigenvalue weighted by Gasteiger charge is -2.28. The van der Waals surface area contributed by atoms with E-state index >= 15 is 0 Å². The molecular formula is C14H27NO. The quantitative estimate of drug-likeness (QED) is 0.794. The second-order valence-corrected chi connectivity index (χ2v) is 5.88. The Kier molecular flexibility index (Phi) is 5.11. The molecular weight excluding hydrogens is 198 g/mol. The average Bonchev–Trinajstić information content (AvgIpc) is 2.30. The topological polar surface area (TPSA) is 21.3 Å². The van der Waals surface area contributed by atoms with Gasteiger partial charge in [-0.05, 0) is 50.0 Å². The summed E-state index contributed by atoms with van der Waals surface area (Å²) in [5, 5.41) is 3.67. The summed E-state index contributed by atoms with van der Waals surface area (Å²) < 4.78 is 5.50. The first kappa shape index (κ1) is 12.4. The highest BCUT2D eigenvalue weighted by Crippen LogP contribution is 2.27. The van der Waals surface area contributed by atoms with Crippen molar-refractivity contribution >= 4 is 0 Å². The Bertz CT molecular complexity index is 189. The summed E-state index contributed by atoms with van der Waals surface area (Å²) in [4.78, 5) is 0. The molecule has 94 valence electrons. The van der Waals surface area contributed by atoms with E-state index in [1.54, 1.807) is 0 Å². The lowest BCUT2D eigenvalue weighted by atomic mass is 9.82. The second-order valence-electron chi connectivity index (χ2n) is 5.88. The zero-order valence-electron chi connectivity index (χ0n) is 10.7. The summed E-state index contributed by atoms with van der Waals surface area (Å²) in [6.45, 7) is 6.78. The van der Waals surface area contributed by atoms with E-state index in [1.807, 2.05) is 0 Å². The van der Waals surface area contributed by atoms with Crippen LogP contribution in [0, 0.1) is 17.8 Å². The zero-order chi connectivity index (χ0) is 11.2. The fourth-order valence-electron chi connectivity index (χ4n) is 3.21. The van der Waals surface area contributed by atoms with Crippen LogP contribution in [0.25, 0.3) is 0 Å². The lowest BCUT2D eigenvalue weighted by Crippen LogP contribution is -2.33. The van der Waals surface area contributed by atoms with E-state index < -0.39 is 0 Å². The highest BCUT2D eigenvalue weighted by atomic mass is 16.5. The van der Waals surface area contributed by atoms with Crippen LogP contribution in [0.1, 0.15) is 45.4 Å². The van der Waals surface area contributed by atoms with E-state index in [-0.39, 0.29) is 0 Å². The van der Waals surface area contributed by atoms with Crippen LogP contribution in [-0.4, -0.2) is 26.3 Å². The molecule has 2 fully saturated rings.